The summed E-state index contributed by atoms with van der Waals surface area (Å²) in [7, 11) is 0. The van der Waals surface area contributed by atoms with E-state index in [4.69, 9.17) is 0 Å². The molecule has 2 heterocycles. The van der Waals surface area contributed by atoms with Crippen molar-refractivity contribution in [3.8, 4) is 0 Å². The van der Waals surface area contributed by atoms with Gasteiger partial charge in [-0.05, 0) is 32.6 Å². The first kappa shape index (κ1) is 13.2. The van der Waals surface area contributed by atoms with E-state index in [1.807, 2.05) is 6.92 Å². The zero-order chi connectivity index (χ0) is 13.2. The van der Waals surface area contributed by atoms with Crippen molar-refractivity contribution in [1.82, 2.24) is 15.5 Å². The summed E-state index contributed by atoms with van der Waals surface area (Å²) in [4.78, 5) is 14.1. The molecule has 19 heavy (non-hydrogen) atoms. The van der Waals surface area contributed by atoms with Crippen molar-refractivity contribution in [2.45, 2.75) is 48.2 Å². The van der Waals surface area contributed by atoms with Gasteiger partial charge in [0.2, 0.25) is 11.0 Å². The van der Waals surface area contributed by atoms with E-state index in [1.165, 1.54) is 24.6 Å². The maximum absolute atomic E-state index is 11.9. The molecule has 0 aromatic carbocycles. The third-order valence-corrected chi connectivity index (χ3v) is 5.51. The van der Waals surface area contributed by atoms with Crippen molar-refractivity contribution in [3.05, 3.63) is 0 Å². The van der Waals surface area contributed by atoms with Crippen LogP contribution in [0.15, 0.2) is 4.34 Å². The molecule has 1 aromatic rings. The summed E-state index contributed by atoms with van der Waals surface area (Å²) in [5, 5.41) is 12.3. The second-order valence-electron chi connectivity index (χ2n) is 5.09. The van der Waals surface area contributed by atoms with Gasteiger partial charge in [0, 0.05) is 19.1 Å². The van der Waals surface area contributed by atoms with E-state index < -0.39 is 0 Å². The van der Waals surface area contributed by atoms with Crippen LogP contribution in [0.2, 0.25) is 0 Å². The number of thioether (sulfide) groups is 1. The lowest BCUT2D eigenvalue weighted by molar-refractivity contribution is -0.120. The molecular weight excluding hydrogens is 280 g/mol. The van der Waals surface area contributed by atoms with Crippen LogP contribution >= 0.6 is 23.1 Å². The molecular formula is C12H18N4OS2. The molecule has 2 aliphatic rings. The predicted molar refractivity (Wildman–Crippen MR) is 77.8 cm³/mol. The molecule has 1 aliphatic heterocycles. The Bertz CT molecular complexity index is 454. The molecule has 1 aromatic heterocycles. The number of nitrogens with zero attached hydrogens (tertiary/aromatic N) is 3. The molecule has 1 saturated heterocycles. The van der Waals surface area contributed by atoms with Gasteiger partial charge in [-0.3, -0.25) is 4.79 Å². The van der Waals surface area contributed by atoms with E-state index in [1.54, 1.807) is 11.3 Å². The predicted octanol–water partition coefficient (Wildman–Crippen LogP) is 1.90. The number of carbonyl (C=O) groups is 1. The highest BCUT2D eigenvalue weighted by molar-refractivity contribution is 8.02. The molecule has 5 nitrogen and oxygen atoms in total. The van der Waals surface area contributed by atoms with Gasteiger partial charge >= 0.3 is 0 Å². The van der Waals surface area contributed by atoms with E-state index >= 15 is 0 Å². The molecule has 104 valence electrons. The van der Waals surface area contributed by atoms with E-state index in [-0.39, 0.29) is 11.2 Å². The smallest absolute Gasteiger partial charge is 0.233 e. The molecule has 3 rings (SSSR count). The number of carbonyl (C=O) groups excluding carboxylic acids is 1. The third-order valence-electron chi connectivity index (χ3n) is 3.34. The number of rotatable bonds is 5. The summed E-state index contributed by atoms with van der Waals surface area (Å²) >= 11 is 3.10. The average Bonchev–Trinajstić information content (AvgIpc) is 2.90. The largest absolute Gasteiger partial charge is 0.352 e. The Labute approximate surface area is 121 Å². The van der Waals surface area contributed by atoms with E-state index in [0.29, 0.717) is 6.04 Å². The van der Waals surface area contributed by atoms with Gasteiger partial charge in [0.15, 0.2) is 4.34 Å². The minimum absolute atomic E-state index is 0.0972. The molecule has 1 saturated carbocycles. The zero-order valence-electron chi connectivity index (χ0n) is 11.0. The Balaban J connectivity index is 1.54. The van der Waals surface area contributed by atoms with Crippen molar-refractivity contribution in [2.75, 3.05) is 18.0 Å². The van der Waals surface area contributed by atoms with Gasteiger partial charge in [-0.15, -0.1) is 10.2 Å². The summed E-state index contributed by atoms with van der Waals surface area (Å²) in [6.45, 7) is 4.09. The SMILES string of the molecule is CC(Sc1nnc(N2CCCC2)s1)C(=O)NC1CC1. The van der Waals surface area contributed by atoms with Crippen LogP contribution in [0.25, 0.3) is 0 Å². The lowest BCUT2D eigenvalue weighted by Gasteiger charge is -2.11. The average molecular weight is 298 g/mol. The highest BCUT2D eigenvalue weighted by atomic mass is 32.2. The molecule has 1 aliphatic carbocycles. The number of hydrogen-bond acceptors (Lipinski definition) is 6. The standard InChI is InChI=1S/C12H18N4OS2/c1-8(10(17)13-9-4-5-9)18-12-15-14-11(19-12)16-6-2-3-7-16/h8-9H,2-7H2,1H3,(H,13,17). The number of amides is 1. The van der Waals surface area contributed by atoms with Crippen LogP contribution in [0.3, 0.4) is 0 Å². The Morgan fingerprint density at radius 3 is 2.84 bits per heavy atom. The van der Waals surface area contributed by atoms with Crippen LogP contribution in [0, 0.1) is 0 Å². The zero-order valence-corrected chi connectivity index (χ0v) is 12.6. The summed E-state index contributed by atoms with van der Waals surface area (Å²) in [5.41, 5.74) is 0. The van der Waals surface area contributed by atoms with Gasteiger partial charge in [0.25, 0.3) is 0 Å². The summed E-state index contributed by atoms with van der Waals surface area (Å²) in [6, 6.07) is 0.421. The molecule has 1 atom stereocenters. The van der Waals surface area contributed by atoms with Crippen LogP contribution < -0.4 is 10.2 Å². The molecule has 1 amide bonds. The number of anilines is 1. The van der Waals surface area contributed by atoms with E-state index in [2.05, 4.69) is 20.4 Å². The van der Waals surface area contributed by atoms with Crippen molar-refractivity contribution < 1.29 is 4.79 Å². The second-order valence-corrected chi connectivity index (χ2v) is 7.63. The maximum atomic E-state index is 11.9. The highest BCUT2D eigenvalue weighted by Crippen LogP contribution is 2.32. The van der Waals surface area contributed by atoms with Crippen LogP contribution in [0.4, 0.5) is 5.13 Å². The first-order valence-electron chi connectivity index (χ1n) is 6.78. The van der Waals surface area contributed by atoms with Gasteiger partial charge in [-0.2, -0.15) is 0 Å². The molecule has 1 unspecified atom stereocenters. The molecule has 2 fully saturated rings. The number of nitrogens with one attached hydrogen (secondary N) is 1. The Kier molecular flexibility index (Phi) is 3.93. The Morgan fingerprint density at radius 1 is 1.42 bits per heavy atom. The third kappa shape index (κ3) is 3.39. The van der Waals surface area contributed by atoms with Gasteiger partial charge in [-0.25, -0.2) is 0 Å². The quantitative estimate of drug-likeness (QED) is 0.841. The molecule has 0 bridgehead atoms. The van der Waals surface area contributed by atoms with Gasteiger partial charge < -0.3 is 10.2 Å². The minimum Gasteiger partial charge on any atom is -0.352 e. The van der Waals surface area contributed by atoms with Gasteiger partial charge in [0.1, 0.15) is 0 Å². The molecule has 0 spiro atoms. The van der Waals surface area contributed by atoms with Gasteiger partial charge in [0.05, 0.1) is 5.25 Å². The van der Waals surface area contributed by atoms with Crippen molar-refractivity contribution >= 4 is 34.1 Å². The van der Waals surface area contributed by atoms with Gasteiger partial charge in [-0.1, -0.05) is 23.1 Å². The highest BCUT2D eigenvalue weighted by Gasteiger charge is 2.27. The van der Waals surface area contributed by atoms with E-state index in [9.17, 15) is 4.79 Å². The summed E-state index contributed by atoms with van der Waals surface area (Å²) in [5.74, 6) is 0.116. The first-order chi connectivity index (χ1) is 9.22. The maximum Gasteiger partial charge on any atom is 0.233 e. The topological polar surface area (TPSA) is 58.1 Å². The van der Waals surface area contributed by atoms with Crippen LogP contribution in [0.1, 0.15) is 32.6 Å². The number of aromatic nitrogens is 2. The minimum atomic E-state index is -0.0972. The van der Waals surface area contributed by atoms with Crippen molar-refractivity contribution in [3.63, 3.8) is 0 Å². The van der Waals surface area contributed by atoms with Crippen molar-refractivity contribution in [1.29, 1.82) is 0 Å². The van der Waals surface area contributed by atoms with Crippen molar-refractivity contribution in [2.24, 2.45) is 0 Å². The fourth-order valence-electron chi connectivity index (χ4n) is 2.04. The van der Waals surface area contributed by atoms with Crippen LogP contribution in [0.5, 0.6) is 0 Å². The normalized spacial score (nSPS) is 20.6. The van der Waals surface area contributed by atoms with Crippen LogP contribution in [-0.4, -0.2) is 40.5 Å². The lowest BCUT2D eigenvalue weighted by Crippen LogP contribution is -2.32. The fraction of sp³-hybridized carbons (Fsp3) is 0.750. The number of hydrogen-bond donors (Lipinski definition) is 1. The molecule has 1 N–H and O–H groups in total. The fourth-order valence-corrected chi connectivity index (χ4v) is 4.08. The molecule has 7 heteroatoms. The Hall–Kier alpha value is -0.820. The second kappa shape index (κ2) is 5.66. The Morgan fingerprint density at radius 2 is 2.16 bits per heavy atom. The monoisotopic (exact) mass is 298 g/mol. The molecule has 0 radical (unpaired) electrons. The summed E-state index contributed by atoms with van der Waals surface area (Å²) < 4.78 is 0.889. The van der Waals surface area contributed by atoms with E-state index in [0.717, 1.165) is 35.4 Å². The first-order valence-corrected chi connectivity index (χ1v) is 8.47. The van der Waals surface area contributed by atoms with Crippen LogP contribution in [-0.2, 0) is 4.79 Å². The lowest BCUT2D eigenvalue weighted by atomic mass is 10.4. The summed E-state index contributed by atoms with van der Waals surface area (Å²) in [6.07, 6.45) is 4.73.